The molecule has 0 bridgehead atoms. The van der Waals surface area contributed by atoms with E-state index in [9.17, 15) is 0 Å². The van der Waals surface area contributed by atoms with Crippen LogP contribution in [0, 0.1) is 0 Å². The number of rotatable bonds is 8. The molecule has 0 amide bonds. The van der Waals surface area contributed by atoms with Gasteiger partial charge in [0.2, 0.25) is 5.89 Å². The zero-order valence-electron chi connectivity index (χ0n) is 17.9. The Morgan fingerprint density at radius 2 is 2.14 bits per heavy atom. The minimum absolute atomic E-state index is 0.278. The lowest BCUT2D eigenvalue weighted by Gasteiger charge is -2.34. The fourth-order valence-corrected chi connectivity index (χ4v) is 3.54. The van der Waals surface area contributed by atoms with Gasteiger partial charge in [0.25, 0.3) is 0 Å². The first-order valence-corrected chi connectivity index (χ1v) is 10.8. The normalized spacial score (nSPS) is 18.2. The van der Waals surface area contributed by atoms with Crippen LogP contribution in [0.5, 0.6) is 0 Å². The van der Waals surface area contributed by atoms with Crippen molar-refractivity contribution in [1.29, 1.82) is 0 Å². The van der Waals surface area contributed by atoms with Crippen molar-refractivity contribution in [3.63, 3.8) is 0 Å². The van der Waals surface area contributed by atoms with E-state index < -0.39 is 0 Å². The molecule has 1 aromatic carbocycles. The number of aliphatic imine (C=N–C) groups is 1. The molecule has 1 aliphatic heterocycles. The van der Waals surface area contributed by atoms with Gasteiger partial charge in [-0.25, -0.2) is 0 Å². The summed E-state index contributed by atoms with van der Waals surface area (Å²) in [5.74, 6) is 2.55. The Morgan fingerprint density at radius 3 is 2.86 bits per heavy atom. The summed E-state index contributed by atoms with van der Waals surface area (Å²) in [4.78, 5) is 11.7. The molecule has 1 saturated heterocycles. The van der Waals surface area contributed by atoms with E-state index in [0.29, 0.717) is 24.9 Å². The fourth-order valence-electron chi connectivity index (χ4n) is 3.54. The molecule has 2 aromatic rings. The average Bonchev–Trinajstić information content (AvgIpc) is 3.19. The van der Waals surface area contributed by atoms with Crippen LogP contribution in [0.25, 0.3) is 0 Å². The van der Waals surface area contributed by atoms with E-state index in [-0.39, 0.29) is 5.92 Å². The molecule has 1 fully saturated rings. The summed E-state index contributed by atoms with van der Waals surface area (Å²) in [6, 6.07) is 11.1. The minimum Gasteiger partial charge on any atom is -0.357 e. The number of aromatic nitrogens is 2. The standard InChI is InChI=1S/C22H34N6O/c1-4-23-22(24-13-12-20-26-21(17(2)3)27-29-20)25-19-11-8-14-28(16-19)15-18-9-6-5-7-10-18/h5-7,9-10,17,19H,4,8,11-16H2,1-3H3,(H2,23,24,25). The summed E-state index contributed by atoms with van der Waals surface area (Å²) in [7, 11) is 0. The van der Waals surface area contributed by atoms with Crippen LogP contribution in [-0.4, -0.2) is 53.2 Å². The molecule has 0 aliphatic carbocycles. The van der Waals surface area contributed by atoms with Gasteiger partial charge < -0.3 is 15.2 Å². The van der Waals surface area contributed by atoms with E-state index >= 15 is 0 Å². The molecular formula is C22H34N6O. The van der Waals surface area contributed by atoms with E-state index in [1.807, 2.05) is 0 Å². The zero-order chi connectivity index (χ0) is 20.5. The SMILES string of the molecule is CCNC(=NCCc1nc(C(C)C)no1)NC1CCCN(Cc2ccccc2)C1. The molecule has 2 N–H and O–H groups in total. The van der Waals surface area contributed by atoms with Crippen LogP contribution >= 0.6 is 0 Å². The van der Waals surface area contributed by atoms with Gasteiger partial charge in [0.15, 0.2) is 11.8 Å². The van der Waals surface area contributed by atoms with Crippen LogP contribution in [0.1, 0.15) is 56.8 Å². The number of piperidine rings is 1. The molecule has 2 heterocycles. The highest BCUT2D eigenvalue weighted by molar-refractivity contribution is 5.80. The third-order valence-corrected chi connectivity index (χ3v) is 5.04. The Kier molecular flexibility index (Phi) is 8.04. The second-order valence-electron chi connectivity index (χ2n) is 7.92. The quantitative estimate of drug-likeness (QED) is 0.526. The number of nitrogens with one attached hydrogen (secondary N) is 2. The van der Waals surface area contributed by atoms with Crippen molar-refractivity contribution in [2.75, 3.05) is 26.2 Å². The number of hydrogen-bond donors (Lipinski definition) is 2. The molecule has 1 aromatic heterocycles. The molecule has 158 valence electrons. The van der Waals surface area contributed by atoms with Crippen molar-refractivity contribution in [1.82, 2.24) is 25.7 Å². The maximum atomic E-state index is 5.31. The summed E-state index contributed by atoms with van der Waals surface area (Å²) >= 11 is 0. The lowest BCUT2D eigenvalue weighted by atomic mass is 10.0. The molecule has 0 radical (unpaired) electrons. The second-order valence-corrected chi connectivity index (χ2v) is 7.92. The Balaban J connectivity index is 1.51. The highest BCUT2D eigenvalue weighted by Gasteiger charge is 2.20. The Labute approximate surface area is 174 Å². The molecule has 1 unspecified atom stereocenters. The average molecular weight is 399 g/mol. The van der Waals surface area contributed by atoms with Crippen LogP contribution in [0.3, 0.4) is 0 Å². The van der Waals surface area contributed by atoms with Crippen molar-refractivity contribution < 1.29 is 4.52 Å². The number of benzene rings is 1. The van der Waals surface area contributed by atoms with Gasteiger partial charge in [-0.05, 0) is 31.9 Å². The topological polar surface area (TPSA) is 78.6 Å². The molecule has 7 heteroatoms. The van der Waals surface area contributed by atoms with Crippen LogP contribution in [0.2, 0.25) is 0 Å². The molecule has 1 aliphatic rings. The van der Waals surface area contributed by atoms with Gasteiger partial charge in [-0.15, -0.1) is 0 Å². The maximum Gasteiger partial charge on any atom is 0.228 e. The molecule has 7 nitrogen and oxygen atoms in total. The summed E-state index contributed by atoms with van der Waals surface area (Å²) in [6.07, 6.45) is 3.02. The number of likely N-dealkylation sites (tertiary alicyclic amines) is 1. The molecule has 29 heavy (non-hydrogen) atoms. The Morgan fingerprint density at radius 1 is 1.31 bits per heavy atom. The van der Waals surface area contributed by atoms with Gasteiger partial charge in [0.1, 0.15) is 0 Å². The fraction of sp³-hybridized carbons (Fsp3) is 0.591. The predicted molar refractivity (Wildman–Crippen MR) is 116 cm³/mol. The smallest absolute Gasteiger partial charge is 0.228 e. The molecule has 0 spiro atoms. The van der Waals surface area contributed by atoms with Crippen LogP contribution in [0.15, 0.2) is 39.8 Å². The maximum absolute atomic E-state index is 5.31. The van der Waals surface area contributed by atoms with Crippen molar-refractivity contribution >= 4 is 5.96 Å². The lowest BCUT2D eigenvalue weighted by molar-refractivity contribution is 0.192. The van der Waals surface area contributed by atoms with E-state index in [2.05, 4.69) is 76.8 Å². The first-order chi connectivity index (χ1) is 14.1. The van der Waals surface area contributed by atoms with Crippen molar-refractivity contribution in [3.8, 4) is 0 Å². The van der Waals surface area contributed by atoms with Crippen LogP contribution in [0.4, 0.5) is 0 Å². The zero-order valence-corrected chi connectivity index (χ0v) is 17.9. The first-order valence-electron chi connectivity index (χ1n) is 10.8. The third-order valence-electron chi connectivity index (χ3n) is 5.04. The molecular weight excluding hydrogens is 364 g/mol. The molecule has 3 rings (SSSR count). The van der Waals surface area contributed by atoms with Gasteiger partial charge in [-0.2, -0.15) is 4.98 Å². The van der Waals surface area contributed by atoms with Gasteiger partial charge >= 0.3 is 0 Å². The van der Waals surface area contributed by atoms with Crippen molar-refractivity contribution in [3.05, 3.63) is 47.6 Å². The van der Waals surface area contributed by atoms with E-state index in [4.69, 9.17) is 9.52 Å². The van der Waals surface area contributed by atoms with Crippen LogP contribution < -0.4 is 10.6 Å². The molecule has 0 saturated carbocycles. The first kappa shape index (κ1) is 21.3. The van der Waals surface area contributed by atoms with E-state index in [1.54, 1.807) is 0 Å². The third kappa shape index (κ3) is 6.85. The van der Waals surface area contributed by atoms with Crippen molar-refractivity contribution in [2.45, 2.75) is 58.5 Å². The van der Waals surface area contributed by atoms with Crippen LogP contribution in [-0.2, 0) is 13.0 Å². The number of guanidine groups is 1. The lowest BCUT2D eigenvalue weighted by Crippen LogP contribution is -2.51. The second kappa shape index (κ2) is 11.0. The Hall–Kier alpha value is -2.41. The van der Waals surface area contributed by atoms with Gasteiger partial charge in [0, 0.05) is 38.0 Å². The highest BCUT2D eigenvalue weighted by Crippen LogP contribution is 2.14. The highest BCUT2D eigenvalue weighted by atomic mass is 16.5. The molecule has 1 atom stereocenters. The largest absolute Gasteiger partial charge is 0.357 e. The Bertz CT molecular complexity index is 758. The van der Waals surface area contributed by atoms with E-state index in [1.165, 1.54) is 12.0 Å². The van der Waals surface area contributed by atoms with Gasteiger partial charge in [-0.3, -0.25) is 9.89 Å². The number of nitrogens with zero attached hydrogens (tertiary/aromatic N) is 4. The van der Waals surface area contributed by atoms with Crippen molar-refractivity contribution in [2.24, 2.45) is 4.99 Å². The monoisotopic (exact) mass is 398 g/mol. The van der Waals surface area contributed by atoms with E-state index in [0.717, 1.165) is 44.4 Å². The predicted octanol–water partition coefficient (Wildman–Crippen LogP) is 2.96. The summed E-state index contributed by atoms with van der Waals surface area (Å²) in [6.45, 7) is 10.8. The summed E-state index contributed by atoms with van der Waals surface area (Å²) < 4.78 is 5.31. The minimum atomic E-state index is 0.278. The van der Waals surface area contributed by atoms with Gasteiger partial charge in [0.05, 0.1) is 6.54 Å². The number of hydrogen-bond acceptors (Lipinski definition) is 5. The van der Waals surface area contributed by atoms with Gasteiger partial charge in [-0.1, -0.05) is 49.3 Å². The summed E-state index contributed by atoms with van der Waals surface area (Å²) in [5, 5.41) is 11.0. The summed E-state index contributed by atoms with van der Waals surface area (Å²) in [5.41, 5.74) is 1.37.